The highest BCUT2D eigenvalue weighted by Gasteiger charge is 2.16. The second-order valence-corrected chi connectivity index (χ2v) is 5.22. The minimum atomic E-state index is -0.988. The van der Waals surface area contributed by atoms with Crippen molar-refractivity contribution < 1.29 is 19.4 Å². The number of carbonyl (C=O) groups excluding carboxylic acids is 1. The van der Waals surface area contributed by atoms with E-state index in [2.05, 4.69) is 5.32 Å². The molecule has 0 fully saturated rings. The molecule has 0 unspecified atom stereocenters. The number of nitrogens with one attached hydrogen (secondary N) is 1. The molecule has 2 N–H and O–H groups in total. The first-order chi connectivity index (χ1) is 8.70. The third kappa shape index (κ3) is 4.62. The zero-order chi connectivity index (χ0) is 14.6. The number of ether oxygens (including phenoxy) is 1. The van der Waals surface area contributed by atoms with Gasteiger partial charge in [-0.15, -0.1) is 0 Å². The summed E-state index contributed by atoms with van der Waals surface area (Å²) in [6.45, 7) is 7.08. The van der Waals surface area contributed by atoms with Crippen LogP contribution in [0.5, 0.6) is 0 Å². The average Bonchev–Trinajstić information content (AvgIpc) is 2.24. The van der Waals surface area contributed by atoms with E-state index in [-0.39, 0.29) is 18.1 Å². The normalized spacial score (nSPS) is 10.9. The SMILES string of the molecule is Cc1c(NCC(=O)OC(C)(C)C)cccc1C(=O)O. The number of rotatable bonds is 4. The van der Waals surface area contributed by atoms with Crippen molar-refractivity contribution in [2.45, 2.75) is 33.3 Å². The van der Waals surface area contributed by atoms with Gasteiger partial charge in [-0.3, -0.25) is 4.79 Å². The first kappa shape index (κ1) is 15.0. The molecular formula is C14H19NO4. The van der Waals surface area contributed by atoms with Crippen LogP contribution >= 0.6 is 0 Å². The number of esters is 1. The molecule has 1 aromatic rings. The van der Waals surface area contributed by atoms with Crippen molar-refractivity contribution in [3.63, 3.8) is 0 Å². The number of carbonyl (C=O) groups is 2. The van der Waals surface area contributed by atoms with Crippen LogP contribution in [-0.4, -0.2) is 29.2 Å². The molecule has 0 spiro atoms. The fourth-order valence-corrected chi connectivity index (χ4v) is 1.60. The highest BCUT2D eigenvalue weighted by atomic mass is 16.6. The summed E-state index contributed by atoms with van der Waals surface area (Å²) in [6, 6.07) is 4.89. The maximum Gasteiger partial charge on any atom is 0.336 e. The number of hydrogen-bond acceptors (Lipinski definition) is 4. The van der Waals surface area contributed by atoms with Gasteiger partial charge in [0.1, 0.15) is 12.1 Å². The molecule has 0 aromatic heterocycles. The Bertz CT molecular complexity index is 489. The summed E-state index contributed by atoms with van der Waals surface area (Å²) in [7, 11) is 0. The monoisotopic (exact) mass is 265 g/mol. The number of hydrogen-bond donors (Lipinski definition) is 2. The Balaban J connectivity index is 2.71. The molecule has 0 heterocycles. The zero-order valence-electron chi connectivity index (χ0n) is 11.6. The molecular weight excluding hydrogens is 246 g/mol. The lowest BCUT2D eigenvalue weighted by molar-refractivity contribution is -0.152. The molecule has 0 aliphatic rings. The summed E-state index contributed by atoms with van der Waals surface area (Å²) in [5.74, 6) is -1.37. The lowest BCUT2D eigenvalue weighted by Crippen LogP contribution is -2.28. The highest BCUT2D eigenvalue weighted by Crippen LogP contribution is 2.19. The van der Waals surface area contributed by atoms with Crippen LogP contribution in [0.2, 0.25) is 0 Å². The first-order valence-corrected chi connectivity index (χ1v) is 5.99. The van der Waals surface area contributed by atoms with Gasteiger partial charge in [-0.1, -0.05) is 6.07 Å². The van der Waals surface area contributed by atoms with E-state index in [1.54, 1.807) is 39.8 Å². The van der Waals surface area contributed by atoms with Crippen LogP contribution in [0.1, 0.15) is 36.7 Å². The fourth-order valence-electron chi connectivity index (χ4n) is 1.60. The smallest absolute Gasteiger partial charge is 0.336 e. The number of aromatic carboxylic acids is 1. The van der Waals surface area contributed by atoms with Crippen molar-refractivity contribution in [2.24, 2.45) is 0 Å². The van der Waals surface area contributed by atoms with Crippen LogP contribution in [0.4, 0.5) is 5.69 Å². The molecule has 0 radical (unpaired) electrons. The molecule has 0 saturated heterocycles. The van der Waals surface area contributed by atoms with E-state index in [1.165, 1.54) is 6.07 Å². The third-order valence-electron chi connectivity index (χ3n) is 2.41. The number of anilines is 1. The van der Waals surface area contributed by atoms with E-state index in [1.807, 2.05) is 0 Å². The number of carboxylic acids is 1. The zero-order valence-corrected chi connectivity index (χ0v) is 11.6. The van der Waals surface area contributed by atoms with Gasteiger partial charge in [-0.2, -0.15) is 0 Å². The number of benzene rings is 1. The maximum atomic E-state index is 11.6. The molecule has 0 bridgehead atoms. The van der Waals surface area contributed by atoms with E-state index in [0.717, 1.165) is 0 Å². The second-order valence-electron chi connectivity index (χ2n) is 5.22. The van der Waals surface area contributed by atoms with Crippen LogP contribution in [0, 0.1) is 6.92 Å². The molecule has 0 saturated carbocycles. The van der Waals surface area contributed by atoms with Gasteiger partial charge in [0.15, 0.2) is 0 Å². The molecule has 5 nitrogen and oxygen atoms in total. The fraction of sp³-hybridized carbons (Fsp3) is 0.429. The molecule has 0 aliphatic carbocycles. The Labute approximate surface area is 112 Å². The summed E-state index contributed by atoms with van der Waals surface area (Å²) < 4.78 is 5.16. The van der Waals surface area contributed by atoms with Crippen LogP contribution in [0.15, 0.2) is 18.2 Å². The molecule has 1 rings (SSSR count). The topological polar surface area (TPSA) is 75.6 Å². The largest absolute Gasteiger partial charge is 0.478 e. The molecule has 0 atom stereocenters. The third-order valence-corrected chi connectivity index (χ3v) is 2.41. The lowest BCUT2D eigenvalue weighted by atomic mass is 10.1. The van der Waals surface area contributed by atoms with Gasteiger partial charge >= 0.3 is 11.9 Å². The van der Waals surface area contributed by atoms with Gasteiger partial charge in [0, 0.05) is 5.69 Å². The molecule has 5 heteroatoms. The predicted octanol–water partition coefficient (Wildman–Crippen LogP) is 2.45. The maximum absolute atomic E-state index is 11.6. The molecule has 19 heavy (non-hydrogen) atoms. The van der Waals surface area contributed by atoms with E-state index in [4.69, 9.17) is 9.84 Å². The second kappa shape index (κ2) is 5.73. The molecule has 0 amide bonds. The van der Waals surface area contributed by atoms with Gasteiger partial charge in [-0.25, -0.2) is 4.79 Å². The van der Waals surface area contributed by atoms with Crippen molar-refractivity contribution in [1.29, 1.82) is 0 Å². The van der Waals surface area contributed by atoms with Crippen LogP contribution < -0.4 is 5.32 Å². The van der Waals surface area contributed by atoms with Crippen molar-refractivity contribution in [3.8, 4) is 0 Å². The summed E-state index contributed by atoms with van der Waals surface area (Å²) in [4.78, 5) is 22.5. The van der Waals surface area contributed by atoms with Gasteiger partial charge in [0.25, 0.3) is 0 Å². The Morgan fingerprint density at radius 1 is 1.32 bits per heavy atom. The number of carboxylic acid groups (broad SMARTS) is 1. The van der Waals surface area contributed by atoms with Crippen molar-refractivity contribution in [3.05, 3.63) is 29.3 Å². The van der Waals surface area contributed by atoms with Gasteiger partial charge < -0.3 is 15.2 Å². The minimum Gasteiger partial charge on any atom is -0.478 e. The van der Waals surface area contributed by atoms with E-state index < -0.39 is 11.6 Å². The lowest BCUT2D eigenvalue weighted by Gasteiger charge is -2.20. The van der Waals surface area contributed by atoms with E-state index in [9.17, 15) is 9.59 Å². The van der Waals surface area contributed by atoms with Gasteiger partial charge in [-0.05, 0) is 45.4 Å². The summed E-state index contributed by atoms with van der Waals surface area (Å²) in [5, 5.41) is 11.9. The predicted molar refractivity (Wildman–Crippen MR) is 72.5 cm³/mol. The Hall–Kier alpha value is -2.04. The van der Waals surface area contributed by atoms with Crippen molar-refractivity contribution in [1.82, 2.24) is 0 Å². The first-order valence-electron chi connectivity index (χ1n) is 5.99. The van der Waals surface area contributed by atoms with Crippen LogP contribution in [0.3, 0.4) is 0 Å². The minimum absolute atomic E-state index is 0.00117. The van der Waals surface area contributed by atoms with Gasteiger partial charge in [0.05, 0.1) is 5.56 Å². The molecule has 104 valence electrons. The standard InChI is InChI=1S/C14H19NO4/c1-9-10(13(17)18)6-5-7-11(9)15-8-12(16)19-14(2,3)4/h5-7,15H,8H2,1-4H3,(H,17,18). The van der Waals surface area contributed by atoms with E-state index in [0.29, 0.717) is 11.3 Å². The molecule has 0 aliphatic heterocycles. The van der Waals surface area contributed by atoms with Crippen LogP contribution in [-0.2, 0) is 9.53 Å². The Morgan fingerprint density at radius 2 is 1.95 bits per heavy atom. The quantitative estimate of drug-likeness (QED) is 0.818. The highest BCUT2D eigenvalue weighted by molar-refractivity contribution is 5.91. The Morgan fingerprint density at radius 3 is 2.47 bits per heavy atom. The van der Waals surface area contributed by atoms with Crippen molar-refractivity contribution >= 4 is 17.6 Å². The Kier molecular flexibility index (Phi) is 4.53. The van der Waals surface area contributed by atoms with Crippen LogP contribution in [0.25, 0.3) is 0 Å². The average molecular weight is 265 g/mol. The summed E-state index contributed by atoms with van der Waals surface area (Å²) >= 11 is 0. The van der Waals surface area contributed by atoms with Crippen molar-refractivity contribution in [2.75, 3.05) is 11.9 Å². The summed E-state index contributed by atoms with van der Waals surface area (Å²) in [6.07, 6.45) is 0. The summed E-state index contributed by atoms with van der Waals surface area (Å²) in [5.41, 5.74) is 0.898. The van der Waals surface area contributed by atoms with Gasteiger partial charge in [0.2, 0.25) is 0 Å². The van der Waals surface area contributed by atoms with E-state index >= 15 is 0 Å². The molecule has 1 aromatic carbocycles.